The standard InChI is InChI=1S/C16H21NO3/c1-12(2)15(19)20-16(4,13(3)17-11-18)10-14-8-6-5-7-9-14/h5-9,11,13H,1,10H2,2-4H3,(H,17,18). The van der Waals surface area contributed by atoms with Crippen LogP contribution in [-0.4, -0.2) is 24.0 Å². The van der Waals surface area contributed by atoms with E-state index in [0.717, 1.165) is 5.56 Å². The van der Waals surface area contributed by atoms with Crippen molar-refractivity contribution in [1.82, 2.24) is 5.32 Å². The Labute approximate surface area is 119 Å². The van der Waals surface area contributed by atoms with Gasteiger partial charge in [0.1, 0.15) is 5.60 Å². The van der Waals surface area contributed by atoms with Gasteiger partial charge in [-0.3, -0.25) is 4.79 Å². The van der Waals surface area contributed by atoms with Crippen molar-refractivity contribution in [3.8, 4) is 0 Å². The molecule has 2 unspecified atom stereocenters. The Morgan fingerprint density at radius 2 is 2.05 bits per heavy atom. The van der Waals surface area contributed by atoms with Gasteiger partial charge >= 0.3 is 5.97 Å². The van der Waals surface area contributed by atoms with Gasteiger partial charge in [0.25, 0.3) is 0 Å². The first-order chi connectivity index (χ1) is 9.39. The fraction of sp³-hybridized carbons (Fsp3) is 0.375. The van der Waals surface area contributed by atoms with E-state index in [1.165, 1.54) is 0 Å². The van der Waals surface area contributed by atoms with Crippen LogP contribution in [0, 0.1) is 0 Å². The number of esters is 1. The van der Waals surface area contributed by atoms with Gasteiger partial charge in [0.2, 0.25) is 6.41 Å². The average Bonchev–Trinajstić information content (AvgIpc) is 2.39. The van der Waals surface area contributed by atoms with E-state index in [0.29, 0.717) is 18.4 Å². The summed E-state index contributed by atoms with van der Waals surface area (Å²) < 4.78 is 5.56. The number of hydrogen-bond acceptors (Lipinski definition) is 3. The molecule has 1 N–H and O–H groups in total. The third-order valence-electron chi connectivity index (χ3n) is 3.31. The van der Waals surface area contributed by atoms with Gasteiger partial charge in [-0.05, 0) is 26.3 Å². The molecule has 0 saturated carbocycles. The van der Waals surface area contributed by atoms with Gasteiger partial charge in [-0.2, -0.15) is 0 Å². The number of hydrogen-bond donors (Lipinski definition) is 1. The van der Waals surface area contributed by atoms with Crippen molar-refractivity contribution in [1.29, 1.82) is 0 Å². The van der Waals surface area contributed by atoms with Crippen LogP contribution in [-0.2, 0) is 20.7 Å². The lowest BCUT2D eigenvalue weighted by molar-refractivity contribution is -0.156. The van der Waals surface area contributed by atoms with Crippen molar-refractivity contribution in [2.75, 3.05) is 0 Å². The summed E-state index contributed by atoms with van der Waals surface area (Å²) in [4.78, 5) is 22.5. The van der Waals surface area contributed by atoms with E-state index in [2.05, 4.69) is 11.9 Å². The molecule has 1 rings (SSSR count). The van der Waals surface area contributed by atoms with Crippen LogP contribution in [0.2, 0.25) is 0 Å². The fourth-order valence-electron chi connectivity index (χ4n) is 1.86. The zero-order valence-electron chi connectivity index (χ0n) is 12.2. The molecule has 0 spiro atoms. The molecule has 0 radical (unpaired) electrons. The third-order valence-corrected chi connectivity index (χ3v) is 3.31. The van der Waals surface area contributed by atoms with Crippen LogP contribution >= 0.6 is 0 Å². The smallest absolute Gasteiger partial charge is 0.333 e. The second kappa shape index (κ2) is 6.89. The Hall–Kier alpha value is -2.10. The molecule has 2 atom stereocenters. The average molecular weight is 275 g/mol. The van der Waals surface area contributed by atoms with Gasteiger partial charge in [0, 0.05) is 12.0 Å². The van der Waals surface area contributed by atoms with E-state index in [4.69, 9.17) is 4.74 Å². The topological polar surface area (TPSA) is 55.4 Å². The zero-order chi connectivity index (χ0) is 15.2. The van der Waals surface area contributed by atoms with Gasteiger partial charge in [-0.15, -0.1) is 0 Å². The molecule has 4 nitrogen and oxygen atoms in total. The van der Waals surface area contributed by atoms with Crippen molar-refractivity contribution >= 4 is 12.4 Å². The van der Waals surface area contributed by atoms with E-state index in [1.807, 2.05) is 44.2 Å². The normalized spacial score (nSPS) is 14.8. The zero-order valence-corrected chi connectivity index (χ0v) is 12.2. The minimum atomic E-state index is -0.835. The summed E-state index contributed by atoms with van der Waals surface area (Å²) in [7, 11) is 0. The predicted octanol–water partition coefficient (Wildman–Crippen LogP) is 2.24. The molecule has 1 aromatic rings. The second-order valence-corrected chi connectivity index (χ2v) is 5.15. The summed E-state index contributed by atoms with van der Waals surface area (Å²) in [6.45, 7) is 8.80. The van der Waals surface area contributed by atoms with Crippen molar-refractivity contribution in [2.24, 2.45) is 0 Å². The Kier molecular flexibility index (Phi) is 5.50. The Bertz CT molecular complexity index is 484. The molecule has 4 heteroatoms. The van der Waals surface area contributed by atoms with Gasteiger partial charge in [0.15, 0.2) is 0 Å². The SMILES string of the molecule is C=C(C)C(=O)OC(C)(Cc1ccccc1)C(C)NC=O. The maximum Gasteiger partial charge on any atom is 0.333 e. The molecule has 1 aromatic carbocycles. The number of benzene rings is 1. The molecular formula is C16H21NO3. The summed E-state index contributed by atoms with van der Waals surface area (Å²) in [5, 5.41) is 2.66. The minimum absolute atomic E-state index is 0.316. The molecule has 0 aliphatic heterocycles. The predicted molar refractivity (Wildman–Crippen MR) is 78.1 cm³/mol. The lowest BCUT2D eigenvalue weighted by Gasteiger charge is -2.35. The number of amides is 1. The van der Waals surface area contributed by atoms with E-state index < -0.39 is 11.6 Å². The number of carbonyl (C=O) groups excluding carboxylic acids is 2. The summed E-state index contributed by atoms with van der Waals surface area (Å²) in [6.07, 6.45) is 1.12. The molecule has 20 heavy (non-hydrogen) atoms. The van der Waals surface area contributed by atoms with Gasteiger partial charge < -0.3 is 10.1 Å². The van der Waals surface area contributed by atoms with E-state index in [1.54, 1.807) is 6.92 Å². The van der Waals surface area contributed by atoms with Crippen molar-refractivity contribution in [3.05, 3.63) is 48.0 Å². The van der Waals surface area contributed by atoms with E-state index in [-0.39, 0.29) is 6.04 Å². The molecule has 0 aliphatic rings. The second-order valence-electron chi connectivity index (χ2n) is 5.15. The van der Waals surface area contributed by atoms with Gasteiger partial charge in [0.05, 0.1) is 6.04 Å². The molecule has 0 heterocycles. The highest BCUT2D eigenvalue weighted by atomic mass is 16.6. The van der Waals surface area contributed by atoms with Crippen LogP contribution in [0.15, 0.2) is 42.5 Å². The van der Waals surface area contributed by atoms with Crippen molar-refractivity contribution in [2.45, 2.75) is 38.8 Å². The summed E-state index contributed by atoms with van der Waals surface area (Å²) in [6, 6.07) is 9.38. The third kappa shape index (κ3) is 4.23. The number of ether oxygens (including phenoxy) is 1. The quantitative estimate of drug-likeness (QED) is 0.472. The lowest BCUT2D eigenvalue weighted by Crippen LogP contribution is -2.51. The maximum atomic E-state index is 11.8. The largest absolute Gasteiger partial charge is 0.453 e. The molecule has 0 aliphatic carbocycles. The molecule has 1 amide bonds. The van der Waals surface area contributed by atoms with Crippen LogP contribution in [0.25, 0.3) is 0 Å². The van der Waals surface area contributed by atoms with Crippen molar-refractivity contribution in [3.63, 3.8) is 0 Å². The van der Waals surface area contributed by atoms with Crippen LogP contribution in [0.5, 0.6) is 0 Å². The van der Waals surface area contributed by atoms with Crippen molar-refractivity contribution < 1.29 is 14.3 Å². The molecule has 0 fully saturated rings. The highest BCUT2D eigenvalue weighted by Crippen LogP contribution is 2.23. The first kappa shape index (κ1) is 16.0. The molecule has 0 aromatic heterocycles. The van der Waals surface area contributed by atoms with Crippen LogP contribution in [0.4, 0.5) is 0 Å². The van der Waals surface area contributed by atoms with E-state index >= 15 is 0 Å². The van der Waals surface area contributed by atoms with Gasteiger partial charge in [-0.25, -0.2) is 4.79 Å². The summed E-state index contributed by atoms with van der Waals surface area (Å²) in [5.41, 5.74) is 0.532. The molecule has 0 saturated heterocycles. The first-order valence-corrected chi connectivity index (χ1v) is 6.51. The van der Waals surface area contributed by atoms with Crippen LogP contribution in [0.1, 0.15) is 26.3 Å². The number of nitrogens with one attached hydrogen (secondary N) is 1. The van der Waals surface area contributed by atoms with E-state index in [9.17, 15) is 9.59 Å². The minimum Gasteiger partial charge on any atom is -0.453 e. The fourth-order valence-corrected chi connectivity index (χ4v) is 1.86. The van der Waals surface area contributed by atoms with Crippen LogP contribution in [0.3, 0.4) is 0 Å². The molecule has 0 bridgehead atoms. The highest BCUT2D eigenvalue weighted by molar-refractivity contribution is 5.87. The summed E-state index contributed by atoms with van der Waals surface area (Å²) >= 11 is 0. The number of carbonyl (C=O) groups is 2. The monoisotopic (exact) mass is 275 g/mol. The Balaban J connectivity index is 2.97. The van der Waals surface area contributed by atoms with Crippen LogP contribution < -0.4 is 5.32 Å². The highest BCUT2D eigenvalue weighted by Gasteiger charge is 2.35. The lowest BCUT2D eigenvalue weighted by atomic mass is 9.89. The Morgan fingerprint density at radius 1 is 1.45 bits per heavy atom. The maximum absolute atomic E-state index is 11.8. The molecular weight excluding hydrogens is 254 g/mol. The first-order valence-electron chi connectivity index (χ1n) is 6.51. The Morgan fingerprint density at radius 3 is 2.55 bits per heavy atom. The molecule has 108 valence electrons. The number of rotatable bonds is 7. The summed E-state index contributed by atoms with van der Waals surface area (Å²) in [5.74, 6) is -0.456. The van der Waals surface area contributed by atoms with Gasteiger partial charge in [-0.1, -0.05) is 36.9 Å².